The number of aromatic nitrogens is 3. The summed E-state index contributed by atoms with van der Waals surface area (Å²) in [6.07, 6.45) is 0. The molecule has 47 heavy (non-hydrogen) atoms. The number of non-ortho nitro benzene ring substituents is 1. The van der Waals surface area contributed by atoms with E-state index in [4.69, 9.17) is 9.47 Å². The molecule has 2 amide bonds. The second kappa shape index (κ2) is 15.4. The summed E-state index contributed by atoms with van der Waals surface area (Å²) in [7, 11) is 0. The van der Waals surface area contributed by atoms with Crippen LogP contribution in [0.2, 0.25) is 0 Å². The van der Waals surface area contributed by atoms with E-state index in [1.54, 1.807) is 27.7 Å². The van der Waals surface area contributed by atoms with Gasteiger partial charge >= 0.3 is 11.9 Å². The Morgan fingerprint density at radius 2 is 1.70 bits per heavy atom. The molecule has 246 valence electrons. The molecule has 0 saturated carbocycles. The molecule has 0 aliphatic rings. The van der Waals surface area contributed by atoms with Crippen molar-refractivity contribution < 1.29 is 38.0 Å². The molecule has 17 heteroatoms. The first-order valence-corrected chi connectivity index (χ1v) is 15.8. The second-order valence-corrected chi connectivity index (χ2v) is 11.9. The minimum absolute atomic E-state index is 0.0346. The van der Waals surface area contributed by atoms with Crippen molar-refractivity contribution in [3.63, 3.8) is 0 Å². The predicted molar refractivity (Wildman–Crippen MR) is 171 cm³/mol. The summed E-state index contributed by atoms with van der Waals surface area (Å²) in [6.45, 7) is 6.39. The van der Waals surface area contributed by atoms with Gasteiger partial charge in [0.25, 0.3) is 11.6 Å². The predicted octanol–water partition coefficient (Wildman–Crippen LogP) is 5.09. The Bertz CT molecular complexity index is 1830. The van der Waals surface area contributed by atoms with Gasteiger partial charge in [0.1, 0.15) is 15.7 Å². The van der Waals surface area contributed by atoms with E-state index in [-0.39, 0.29) is 57.4 Å². The summed E-state index contributed by atoms with van der Waals surface area (Å²) >= 11 is 1.86. The highest BCUT2D eigenvalue weighted by Crippen LogP contribution is 2.35. The summed E-state index contributed by atoms with van der Waals surface area (Å²) in [5.41, 5.74) is 0.396. The van der Waals surface area contributed by atoms with Crippen molar-refractivity contribution in [2.24, 2.45) is 0 Å². The van der Waals surface area contributed by atoms with Crippen LogP contribution in [0.1, 0.15) is 62.5 Å². The highest BCUT2D eigenvalue weighted by atomic mass is 32.2. The van der Waals surface area contributed by atoms with Gasteiger partial charge in [0, 0.05) is 17.8 Å². The number of thiophene rings is 1. The maximum atomic E-state index is 14.2. The zero-order valence-electron chi connectivity index (χ0n) is 25.6. The molecule has 0 spiro atoms. The van der Waals surface area contributed by atoms with Crippen LogP contribution in [0.4, 0.5) is 15.1 Å². The molecule has 1 unspecified atom stereocenters. The van der Waals surface area contributed by atoms with Crippen molar-refractivity contribution in [3.05, 3.63) is 91.9 Å². The normalized spacial score (nSPS) is 11.4. The lowest BCUT2D eigenvalue weighted by Gasteiger charge is -2.14. The highest BCUT2D eigenvalue weighted by Gasteiger charge is 2.29. The number of ether oxygens (including phenoxy) is 2. The quantitative estimate of drug-likeness (QED) is 0.0828. The van der Waals surface area contributed by atoms with Crippen LogP contribution < -0.4 is 10.6 Å². The largest absolute Gasteiger partial charge is 0.462 e. The minimum Gasteiger partial charge on any atom is -0.462 e. The van der Waals surface area contributed by atoms with Crippen LogP contribution >= 0.6 is 23.1 Å². The first-order valence-electron chi connectivity index (χ1n) is 14.1. The van der Waals surface area contributed by atoms with Crippen molar-refractivity contribution in [2.45, 2.75) is 44.6 Å². The van der Waals surface area contributed by atoms with E-state index < -0.39 is 39.7 Å². The van der Waals surface area contributed by atoms with Crippen molar-refractivity contribution in [3.8, 4) is 5.69 Å². The van der Waals surface area contributed by atoms with Gasteiger partial charge in [0.05, 0.1) is 41.1 Å². The van der Waals surface area contributed by atoms with E-state index in [1.807, 2.05) is 0 Å². The van der Waals surface area contributed by atoms with Crippen LogP contribution in [0.3, 0.4) is 0 Å². The third-order valence-electron chi connectivity index (χ3n) is 6.52. The molecule has 0 bridgehead atoms. The lowest BCUT2D eigenvalue weighted by Crippen LogP contribution is -2.26. The lowest BCUT2D eigenvalue weighted by atomic mass is 10.1. The van der Waals surface area contributed by atoms with E-state index in [0.29, 0.717) is 11.3 Å². The topological polar surface area (TPSA) is 185 Å². The number of rotatable bonds is 13. The summed E-state index contributed by atoms with van der Waals surface area (Å²) < 4.78 is 25.9. The molecule has 0 fully saturated rings. The zero-order chi connectivity index (χ0) is 34.2. The van der Waals surface area contributed by atoms with Crippen molar-refractivity contribution in [1.82, 2.24) is 20.1 Å². The van der Waals surface area contributed by atoms with Gasteiger partial charge in [-0.2, -0.15) is 0 Å². The molecular weight excluding hydrogens is 655 g/mol. The third kappa shape index (κ3) is 7.98. The standard InChI is InChI=1S/C30H29FN6O8S2/c1-5-44-28(40)23-16(3)24(29(41)45-6-2)47-27(23)33-25(38)17(4)46-30-35-34-22(15-32-26(39)20-9-7-8-10-21(20)31)36(30)18-11-13-19(14-12-18)37(42)43/h7-14,17H,5-6,15H2,1-4H3,(H,32,39)(H,33,38). The average Bonchev–Trinajstić information content (AvgIpc) is 3.59. The van der Waals surface area contributed by atoms with E-state index in [1.165, 1.54) is 47.0 Å². The fraction of sp³-hybridized carbons (Fsp3) is 0.267. The highest BCUT2D eigenvalue weighted by molar-refractivity contribution is 8.00. The average molecular weight is 685 g/mol. The lowest BCUT2D eigenvalue weighted by molar-refractivity contribution is -0.384. The first-order chi connectivity index (χ1) is 22.5. The van der Waals surface area contributed by atoms with Gasteiger partial charge in [-0.05, 0) is 57.5 Å². The zero-order valence-corrected chi connectivity index (χ0v) is 27.2. The van der Waals surface area contributed by atoms with E-state index in [0.717, 1.165) is 29.2 Å². The number of nitrogens with zero attached hydrogens (tertiary/aromatic N) is 4. The molecule has 0 aliphatic heterocycles. The number of nitro benzene ring substituents is 1. The number of benzene rings is 2. The van der Waals surface area contributed by atoms with Crippen LogP contribution in [-0.4, -0.2) is 61.9 Å². The fourth-order valence-corrected chi connectivity index (χ4v) is 6.22. The Hall–Kier alpha value is -5.16. The van der Waals surface area contributed by atoms with Gasteiger partial charge in [-0.15, -0.1) is 21.5 Å². The Balaban J connectivity index is 1.62. The fourth-order valence-electron chi connectivity index (χ4n) is 4.24. The second-order valence-electron chi connectivity index (χ2n) is 9.62. The van der Waals surface area contributed by atoms with Crippen molar-refractivity contribution in [1.29, 1.82) is 0 Å². The number of thioether (sulfide) groups is 1. The van der Waals surface area contributed by atoms with Gasteiger partial charge in [0.15, 0.2) is 11.0 Å². The molecule has 4 aromatic rings. The molecule has 0 aliphatic carbocycles. The number of amides is 2. The maximum absolute atomic E-state index is 14.2. The van der Waals surface area contributed by atoms with Crippen LogP contribution in [0.15, 0.2) is 53.7 Å². The van der Waals surface area contributed by atoms with Gasteiger partial charge in [0.2, 0.25) is 5.91 Å². The van der Waals surface area contributed by atoms with Gasteiger partial charge in [-0.3, -0.25) is 24.3 Å². The SMILES string of the molecule is CCOC(=O)c1sc(NC(=O)C(C)Sc2nnc(CNC(=O)c3ccccc3F)n2-c2ccc([N+](=O)[O-])cc2)c(C(=O)OCC)c1C. The van der Waals surface area contributed by atoms with Crippen LogP contribution in [0.25, 0.3) is 5.69 Å². The molecule has 2 aromatic heterocycles. The van der Waals surface area contributed by atoms with Crippen molar-refractivity contribution >= 4 is 57.5 Å². The number of halogens is 1. The number of esters is 2. The van der Waals surface area contributed by atoms with Gasteiger partial charge < -0.3 is 20.1 Å². The minimum atomic E-state index is -0.861. The number of carbonyl (C=O) groups excluding carboxylic acids is 4. The molecule has 0 saturated heterocycles. The van der Waals surface area contributed by atoms with E-state index in [2.05, 4.69) is 20.8 Å². The van der Waals surface area contributed by atoms with Crippen LogP contribution in [0, 0.1) is 22.9 Å². The molecule has 0 radical (unpaired) electrons. The molecule has 14 nitrogen and oxygen atoms in total. The number of nitrogens with one attached hydrogen (secondary N) is 2. The number of carbonyl (C=O) groups is 4. The molecule has 1 atom stereocenters. The first kappa shape index (κ1) is 34.7. The Morgan fingerprint density at radius 3 is 2.34 bits per heavy atom. The summed E-state index contributed by atoms with van der Waals surface area (Å²) in [6, 6.07) is 10.9. The summed E-state index contributed by atoms with van der Waals surface area (Å²) in [4.78, 5) is 62.2. The summed E-state index contributed by atoms with van der Waals surface area (Å²) in [5, 5.41) is 24.3. The third-order valence-corrected chi connectivity index (χ3v) is 8.75. The maximum Gasteiger partial charge on any atom is 0.348 e. The molecule has 4 rings (SSSR count). The van der Waals surface area contributed by atoms with Gasteiger partial charge in [-0.1, -0.05) is 23.9 Å². The monoisotopic (exact) mass is 684 g/mol. The van der Waals surface area contributed by atoms with Crippen molar-refractivity contribution in [2.75, 3.05) is 18.5 Å². The summed E-state index contributed by atoms with van der Waals surface area (Å²) in [5.74, 6) is -3.13. The van der Waals surface area contributed by atoms with E-state index >= 15 is 0 Å². The molecule has 2 N–H and O–H groups in total. The number of hydrogen-bond donors (Lipinski definition) is 2. The number of hydrogen-bond acceptors (Lipinski definition) is 12. The molecule has 2 heterocycles. The Morgan fingerprint density at radius 1 is 1.04 bits per heavy atom. The van der Waals surface area contributed by atoms with E-state index in [9.17, 15) is 33.7 Å². The Labute approximate surface area is 275 Å². The molecular formula is C30H29FN6O8S2. The van der Waals surface area contributed by atoms with Crippen LogP contribution in [-0.2, 0) is 20.8 Å². The molecule has 2 aromatic carbocycles. The number of anilines is 1. The van der Waals surface area contributed by atoms with Gasteiger partial charge in [-0.25, -0.2) is 14.0 Å². The van der Waals surface area contributed by atoms with Crippen LogP contribution in [0.5, 0.6) is 0 Å². The Kier molecular flexibility index (Phi) is 11.4. The number of nitro groups is 1. The smallest absolute Gasteiger partial charge is 0.348 e.